The fourth-order valence-corrected chi connectivity index (χ4v) is 1.21. The molecule has 0 aliphatic carbocycles. The summed E-state index contributed by atoms with van der Waals surface area (Å²) >= 11 is 0. The molecule has 0 unspecified atom stereocenters. The topological polar surface area (TPSA) is 97.7 Å². The van der Waals surface area contributed by atoms with Crippen molar-refractivity contribution in [3.05, 3.63) is 25.3 Å². The van der Waals surface area contributed by atoms with Crippen LogP contribution < -0.4 is 0 Å². The smallest absolute Gasteiger partial charge is 0.265 e. The van der Waals surface area contributed by atoms with Crippen molar-refractivity contribution >= 4 is 20.2 Å². The van der Waals surface area contributed by atoms with Gasteiger partial charge in [-0.25, -0.2) is 0 Å². The fraction of sp³-hybridized carbons (Fsp3) is 0.500. The Morgan fingerprint density at radius 2 is 1.69 bits per heavy atom. The predicted octanol–water partition coefficient (Wildman–Crippen LogP) is 0.599. The number of allylic oxidation sites excluding steroid dienone is 1. The van der Waals surface area contributed by atoms with E-state index in [1.54, 1.807) is 0 Å². The quantitative estimate of drug-likeness (QED) is 0.432. The van der Waals surface area contributed by atoms with Gasteiger partial charge in [0.1, 0.15) is 0 Å². The zero-order chi connectivity index (χ0) is 13.2. The van der Waals surface area contributed by atoms with Gasteiger partial charge in [0.05, 0.1) is 18.6 Å². The minimum Gasteiger partial charge on any atom is -0.286 e. The maximum atomic E-state index is 10.1. The minimum atomic E-state index is -3.76. The second-order valence-corrected chi connectivity index (χ2v) is 5.86. The molecule has 1 N–H and O–H groups in total. The van der Waals surface area contributed by atoms with Crippen molar-refractivity contribution in [1.82, 2.24) is 0 Å². The van der Waals surface area contributed by atoms with Gasteiger partial charge in [-0.2, -0.15) is 16.8 Å². The summed E-state index contributed by atoms with van der Waals surface area (Å²) < 4.78 is 52.3. The molecule has 0 aliphatic rings. The van der Waals surface area contributed by atoms with Gasteiger partial charge in [0.15, 0.2) is 0 Å². The van der Waals surface area contributed by atoms with Gasteiger partial charge in [0.25, 0.3) is 20.2 Å². The first kappa shape index (κ1) is 17.7. The highest BCUT2D eigenvalue weighted by molar-refractivity contribution is 7.86. The van der Waals surface area contributed by atoms with Crippen molar-refractivity contribution < 1.29 is 25.6 Å². The van der Waals surface area contributed by atoms with E-state index in [1.165, 1.54) is 12.2 Å². The van der Waals surface area contributed by atoms with Crippen LogP contribution in [0.5, 0.6) is 0 Å². The maximum Gasteiger partial charge on any atom is 0.265 e. The van der Waals surface area contributed by atoms with Crippen LogP contribution in [0.2, 0.25) is 0 Å². The van der Waals surface area contributed by atoms with Crippen LogP contribution in [0.3, 0.4) is 0 Å². The molecule has 0 bridgehead atoms. The van der Waals surface area contributed by atoms with Crippen LogP contribution in [0.25, 0.3) is 0 Å². The molecule has 0 aliphatic heterocycles. The van der Waals surface area contributed by atoms with Crippen molar-refractivity contribution in [2.75, 3.05) is 18.6 Å². The van der Waals surface area contributed by atoms with E-state index >= 15 is 0 Å². The highest BCUT2D eigenvalue weighted by Gasteiger charge is 1.99. The first-order chi connectivity index (χ1) is 7.12. The lowest BCUT2D eigenvalue weighted by Crippen LogP contribution is -2.01. The molecule has 0 amide bonds. The summed E-state index contributed by atoms with van der Waals surface area (Å²) in [5, 5.41) is 0. The molecule has 0 saturated carbocycles. The van der Waals surface area contributed by atoms with Gasteiger partial charge < -0.3 is 0 Å². The summed E-state index contributed by atoms with van der Waals surface area (Å²) in [4.78, 5) is 0. The maximum absolute atomic E-state index is 10.1. The van der Waals surface area contributed by atoms with E-state index in [4.69, 9.17) is 4.55 Å². The van der Waals surface area contributed by atoms with Crippen molar-refractivity contribution in [1.29, 1.82) is 0 Å². The number of hydrogen-bond donors (Lipinski definition) is 1. The lowest BCUT2D eigenvalue weighted by molar-refractivity contribution is 0.362. The van der Waals surface area contributed by atoms with Crippen LogP contribution in [0.4, 0.5) is 0 Å². The Labute approximate surface area is 96.5 Å². The van der Waals surface area contributed by atoms with Gasteiger partial charge in [-0.15, -0.1) is 13.2 Å². The van der Waals surface area contributed by atoms with Crippen LogP contribution in [0, 0.1) is 0 Å². The molecule has 0 fully saturated rings. The van der Waals surface area contributed by atoms with E-state index < -0.39 is 20.2 Å². The average molecular weight is 272 g/mol. The lowest BCUT2D eigenvalue weighted by Gasteiger charge is -1.91. The second kappa shape index (κ2) is 8.45. The molecule has 0 radical (unpaired) electrons. The third kappa shape index (κ3) is 23.3. The lowest BCUT2D eigenvalue weighted by atomic mass is 10.5. The summed E-state index contributed by atoms with van der Waals surface area (Å²) in [5.74, 6) is -0.226. The van der Waals surface area contributed by atoms with Crippen LogP contribution in [-0.2, 0) is 24.4 Å². The van der Waals surface area contributed by atoms with Gasteiger partial charge in [0, 0.05) is 0 Å². The highest BCUT2D eigenvalue weighted by atomic mass is 32.2. The number of rotatable bonds is 6. The molecule has 96 valence electrons. The van der Waals surface area contributed by atoms with Gasteiger partial charge in [0.2, 0.25) is 0 Å². The first-order valence-corrected chi connectivity index (χ1v) is 7.56. The summed E-state index contributed by atoms with van der Waals surface area (Å²) in [5.41, 5.74) is 0. The summed E-state index contributed by atoms with van der Waals surface area (Å²) in [6.45, 7) is 6.62. The van der Waals surface area contributed by atoms with Gasteiger partial charge in [-0.1, -0.05) is 12.2 Å². The van der Waals surface area contributed by atoms with Gasteiger partial charge in [-0.3, -0.25) is 8.74 Å². The van der Waals surface area contributed by atoms with Crippen molar-refractivity contribution in [2.24, 2.45) is 0 Å². The largest absolute Gasteiger partial charge is 0.286 e. The normalized spacial score (nSPS) is 11.1. The molecular weight excluding hydrogens is 256 g/mol. The summed E-state index contributed by atoms with van der Waals surface area (Å²) in [6.07, 6.45) is 4.12. The SMILES string of the molecule is C=CCCS(=O)(=O)O.C=CCOS(C)(=O)=O. The predicted molar refractivity (Wildman–Crippen MR) is 62.2 cm³/mol. The average Bonchev–Trinajstić information content (AvgIpc) is 2.10. The van der Waals surface area contributed by atoms with Crippen molar-refractivity contribution in [3.8, 4) is 0 Å². The molecule has 8 heteroatoms. The minimum absolute atomic E-state index is 0.0544. The molecule has 0 aromatic heterocycles. The zero-order valence-electron chi connectivity index (χ0n) is 9.00. The Morgan fingerprint density at radius 3 is 1.81 bits per heavy atom. The Balaban J connectivity index is 0. The molecule has 0 atom stereocenters. The van der Waals surface area contributed by atoms with E-state index in [1.807, 2.05) is 0 Å². The molecule has 0 aromatic rings. The summed E-state index contributed by atoms with van der Waals surface area (Å²) in [7, 11) is -7.02. The van der Waals surface area contributed by atoms with E-state index in [2.05, 4.69) is 17.3 Å². The first-order valence-electron chi connectivity index (χ1n) is 4.13. The third-order valence-corrected chi connectivity index (χ3v) is 2.30. The highest BCUT2D eigenvalue weighted by Crippen LogP contribution is 1.86. The van der Waals surface area contributed by atoms with E-state index in [0.717, 1.165) is 6.26 Å². The Kier molecular flexibility index (Phi) is 9.34. The molecule has 16 heavy (non-hydrogen) atoms. The van der Waals surface area contributed by atoms with Crippen LogP contribution in [-0.4, -0.2) is 40.0 Å². The third-order valence-electron chi connectivity index (χ3n) is 0.980. The Bertz CT molecular complexity index is 352. The van der Waals surface area contributed by atoms with Gasteiger partial charge >= 0.3 is 0 Å². The van der Waals surface area contributed by atoms with Crippen LogP contribution in [0.15, 0.2) is 25.3 Å². The number of hydrogen-bond acceptors (Lipinski definition) is 5. The van der Waals surface area contributed by atoms with Crippen LogP contribution >= 0.6 is 0 Å². The zero-order valence-corrected chi connectivity index (χ0v) is 10.6. The van der Waals surface area contributed by atoms with Crippen molar-refractivity contribution in [3.63, 3.8) is 0 Å². The molecule has 6 nitrogen and oxygen atoms in total. The molecule has 0 saturated heterocycles. The molecular formula is C8H16O6S2. The van der Waals surface area contributed by atoms with Gasteiger partial charge in [-0.05, 0) is 6.42 Å². The monoisotopic (exact) mass is 272 g/mol. The molecule has 0 rings (SSSR count). The molecule has 0 aromatic carbocycles. The van der Waals surface area contributed by atoms with Crippen LogP contribution in [0.1, 0.15) is 6.42 Å². The van der Waals surface area contributed by atoms with E-state index in [0.29, 0.717) is 6.42 Å². The molecule has 0 spiro atoms. The second-order valence-electron chi connectivity index (χ2n) is 2.64. The fourth-order valence-electron chi connectivity index (χ4n) is 0.404. The summed E-state index contributed by atoms with van der Waals surface area (Å²) in [6, 6.07) is 0. The van der Waals surface area contributed by atoms with E-state index in [9.17, 15) is 16.8 Å². The molecule has 0 heterocycles. The standard InChI is InChI=1S/2C4H8O3S/c1-3-4-7-8(2,5)6;1-2-3-4-8(5,6)7/h3H,1,4H2,2H3;2H,1,3-4H2,(H,5,6,7). The Morgan fingerprint density at radius 1 is 1.19 bits per heavy atom. The Hall–Kier alpha value is -0.700. The van der Waals surface area contributed by atoms with E-state index in [-0.39, 0.29) is 12.4 Å². The van der Waals surface area contributed by atoms with Crippen molar-refractivity contribution in [2.45, 2.75) is 6.42 Å².